The Balaban J connectivity index is 1.53. The summed E-state index contributed by atoms with van der Waals surface area (Å²) in [7, 11) is 0. The fourth-order valence-electron chi connectivity index (χ4n) is 4.05. The number of nitrogens with two attached hydrogens (primary N) is 1. The lowest BCUT2D eigenvalue weighted by atomic mass is 10.1. The Morgan fingerprint density at radius 1 is 1.10 bits per heavy atom. The molecule has 0 aliphatic carbocycles. The minimum atomic E-state index is -0.485. The zero-order chi connectivity index (χ0) is 21.2. The number of benzene rings is 2. The maximum absolute atomic E-state index is 13.0. The number of fused-ring (bicyclic) bond motifs is 2. The first-order valence-corrected chi connectivity index (χ1v) is 10.6. The standard InChI is InChI=1S/C24H24N4O3/c25-22-20(24(29)31-15-17-9-6-14-30-17)21-23(27-19-11-5-4-10-18(19)26-21)28(22)13-12-16-7-2-1-3-8-16/h1-5,7-8,10-11,17H,6,9,12-15,25H2/t17-/m1/s1. The zero-order valence-electron chi connectivity index (χ0n) is 17.2. The van der Waals surface area contributed by atoms with E-state index < -0.39 is 5.97 Å². The van der Waals surface area contributed by atoms with E-state index in [1.807, 2.05) is 47.0 Å². The zero-order valence-corrected chi connectivity index (χ0v) is 17.2. The number of carbonyl (C=O) groups excluding carboxylic acids is 1. The van der Waals surface area contributed by atoms with Crippen molar-refractivity contribution in [3.63, 3.8) is 0 Å². The van der Waals surface area contributed by atoms with E-state index in [2.05, 4.69) is 12.1 Å². The fourth-order valence-corrected chi connectivity index (χ4v) is 4.05. The van der Waals surface area contributed by atoms with Gasteiger partial charge in [-0.1, -0.05) is 42.5 Å². The van der Waals surface area contributed by atoms with Crippen molar-refractivity contribution in [1.82, 2.24) is 14.5 Å². The van der Waals surface area contributed by atoms with Gasteiger partial charge in [-0.3, -0.25) is 0 Å². The highest BCUT2D eigenvalue weighted by Crippen LogP contribution is 2.29. The van der Waals surface area contributed by atoms with Gasteiger partial charge in [0.1, 0.15) is 23.5 Å². The van der Waals surface area contributed by atoms with Crippen molar-refractivity contribution in [2.24, 2.45) is 0 Å². The van der Waals surface area contributed by atoms with Gasteiger partial charge in [-0.05, 0) is 37.0 Å². The lowest BCUT2D eigenvalue weighted by Crippen LogP contribution is -2.18. The highest BCUT2D eigenvalue weighted by atomic mass is 16.6. The Hall–Kier alpha value is -3.45. The summed E-state index contributed by atoms with van der Waals surface area (Å²) in [6.45, 7) is 1.51. The summed E-state index contributed by atoms with van der Waals surface area (Å²) in [4.78, 5) is 22.5. The molecule has 1 atom stereocenters. The Morgan fingerprint density at radius 2 is 1.84 bits per heavy atom. The van der Waals surface area contributed by atoms with E-state index in [0.29, 0.717) is 35.7 Å². The lowest BCUT2D eigenvalue weighted by molar-refractivity contribution is 0.0163. The van der Waals surface area contributed by atoms with Crippen molar-refractivity contribution in [2.75, 3.05) is 18.9 Å². The summed E-state index contributed by atoms with van der Waals surface area (Å²) in [6, 6.07) is 17.7. The molecule has 2 aromatic heterocycles. The maximum atomic E-state index is 13.0. The molecule has 1 fully saturated rings. The summed E-state index contributed by atoms with van der Waals surface area (Å²) in [6.07, 6.45) is 2.59. The van der Waals surface area contributed by atoms with Crippen LogP contribution in [0.1, 0.15) is 28.8 Å². The Bertz CT molecular complexity index is 1230. The molecule has 1 saturated heterocycles. The van der Waals surface area contributed by atoms with E-state index in [1.54, 1.807) is 0 Å². The van der Waals surface area contributed by atoms with Gasteiger partial charge in [-0.25, -0.2) is 14.8 Å². The molecule has 0 unspecified atom stereocenters. The number of esters is 1. The Labute approximate surface area is 179 Å². The summed E-state index contributed by atoms with van der Waals surface area (Å²) in [5.74, 6) is -0.153. The number of ether oxygens (including phenoxy) is 2. The van der Waals surface area contributed by atoms with E-state index in [0.717, 1.165) is 24.8 Å². The fraction of sp³-hybridized carbons (Fsp3) is 0.292. The molecule has 0 radical (unpaired) electrons. The molecule has 1 aliphatic heterocycles. The Morgan fingerprint density at radius 3 is 2.58 bits per heavy atom. The van der Waals surface area contributed by atoms with Crippen molar-refractivity contribution in [3.8, 4) is 0 Å². The highest BCUT2D eigenvalue weighted by Gasteiger charge is 2.26. The van der Waals surface area contributed by atoms with Crippen LogP contribution in [-0.2, 0) is 22.4 Å². The number of para-hydroxylation sites is 2. The third-order valence-corrected chi connectivity index (χ3v) is 5.69. The van der Waals surface area contributed by atoms with Crippen molar-refractivity contribution in [1.29, 1.82) is 0 Å². The molecule has 0 bridgehead atoms. The summed E-state index contributed by atoms with van der Waals surface area (Å²) < 4.78 is 13.0. The quantitative estimate of drug-likeness (QED) is 0.481. The second-order valence-electron chi connectivity index (χ2n) is 7.77. The average molecular weight is 416 g/mol. The molecule has 4 aromatic rings. The predicted molar refractivity (Wildman–Crippen MR) is 119 cm³/mol. The highest BCUT2D eigenvalue weighted by molar-refractivity contribution is 6.08. The Kier molecular flexibility index (Phi) is 5.26. The molecule has 158 valence electrons. The molecule has 0 spiro atoms. The van der Waals surface area contributed by atoms with Crippen LogP contribution in [0.4, 0.5) is 5.82 Å². The number of aromatic nitrogens is 3. The van der Waals surface area contributed by atoms with Crippen LogP contribution in [0.5, 0.6) is 0 Å². The van der Waals surface area contributed by atoms with Crippen LogP contribution >= 0.6 is 0 Å². The normalized spacial score (nSPS) is 16.2. The van der Waals surface area contributed by atoms with E-state index in [1.165, 1.54) is 5.56 Å². The van der Waals surface area contributed by atoms with E-state index >= 15 is 0 Å². The van der Waals surface area contributed by atoms with Gasteiger partial charge >= 0.3 is 5.97 Å². The smallest absolute Gasteiger partial charge is 0.344 e. The summed E-state index contributed by atoms with van der Waals surface area (Å²) >= 11 is 0. The topological polar surface area (TPSA) is 92.3 Å². The van der Waals surface area contributed by atoms with Crippen LogP contribution in [0.3, 0.4) is 0 Å². The maximum Gasteiger partial charge on any atom is 0.344 e. The largest absolute Gasteiger partial charge is 0.459 e. The molecule has 1 aliphatic rings. The molecule has 31 heavy (non-hydrogen) atoms. The third kappa shape index (κ3) is 3.84. The first-order valence-electron chi connectivity index (χ1n) is 10.6. The number of carbonyl (C=O) groups is 1. The van der Waals surface area contributed by atoms with Crippen LogP contribution in [0.25, 0.3) is 22.2 Å². The monoisotopic (exact) mass is 416 g/mol. The van der Waals surface area contributed by atoms with Gasteiger partial charge in [0.05, 0.1) is 17.1 Å². The van der Waals surface area contributed by atoms with Gasteiger partial charge in [0.15, 0.2) is 5.65 Å². The van der Waals surface area contributed by atoms with Crippen molar-refractivity contribution >= 4 is 34.0 Å². The van der Waals surface area contributed by atoms with E-state index in [9.17, 15) is 4.79 Å². The molecule has 7 heteroatoms. The molecular formula is C24H24N4O3. The number of nitrogens with zero attached hydrogens (tertiary/aromatic N) is 3. The van der Waals surface area contributed by atoms with Crippen LogP contribution in [-0.4, -0.2) is 39.8 Å². The molecule has 7 nitrogen and oxygen atoms in total. The predicted octanol–water partition coefficient (Wildman–Crippen LogP) is 3.75. The molecule has 2 N–H and O–H groups in total. The molecule has 0 saturated carbocycles. The minimum absolute atomic E-state index is 0.0523. The van der Waals surface area contributed by atoms with E-state index in [4.69, 9.17) is 25.2 Å². The average Bonchev–Trinajstić information content (AvgIpc) is 3.41. The third-order valence-electron chi connectivity index (χ3n) is 5.69. The summed E-state index contributed by atoms with van der Waals surface area (Å²) in [5, 5.41) is 0. The second kappa shape index (κ2) is 8.35. The van der Waals surface area contributed by atoms with Gasteiger partial charge in [-0.15, -0.1) is 0 Å². The van der Waals surface area contributed by atoms with Gasteiger partial charge in [0.2, 0.25) is 0 Å². The second-order valence-corrected chi connectivity index (χ2v) is 7.77. The van der Waals surface area contributed by atoms with Crippen LogP contribution in [0, 0.1) is 0 Å². The SMILES string of the molecule is Nc1c(C(=O)OC[C@H]2CCCO2)c2nc3ccccc3nc2n1CCc1ccccc1. The lowest BCUT2D eigenvalue weighted by Gasteiger charge is -2.10. The number of rotatable bonds is 6. The first-order chi connectivity index (χ1) is 15.2. The van der Waals surface area contributed by atoms with Gasteiger partial charge in [0.25, 0.3) is 0 Å². The molecule has 3 heterocycles. The van der Waals surface area contributed by atoms with Crippen LogP contribution in [0.15, 0.2) is 54.6 Å². The van der Waals surface area contributed by atoms with Gasteiger partial charge in [-0.2, -0.15) is 0 Å². The van der Waals surface area contributed by atoms with Gasteiger partial charge in [0, 0.05) is 13.2 Å². The number of hydrogen-bond donors (Lipinski definition) is 1. The van der Waals surface area contributed by atoms with E-state index in [-0.39, 0.29) is 18.3 Å². The molecule has 5 rings (SSSR count). The molecule has 2 aromatic carbocycles. The van der Waals surface area contributed by atoms with Crippen LogP contribution in [0.2, 0.25) is 0 Å². The van der Waals surface area contributed by atoms with Crippen molar-refractivity contribution in [3.05, 3.63) is 65.7 Å². The summed E-state index contributed by atoms with van der Waals surface area (Å²) in [5.41, 5.74) is 10.5. The number of aryl methyl sites for hydroxylation is 2. The first kappa shape index (κ1) is 19.5. The van der Waals surface area contributed by atoms with Crippen LogP contribution < -0.4 is 5.73 Å². The number of nitrogen functional groups attached to an aromatic ring is 1. The minimum Gasteiger partial charge on any atom is -0.459 e. The van der Waals surface area contributed by atoms with Crippen molar-refractivity contribution in [2.45, 2.75) is 31.9 Å². The molecular weight excluding hydrogens is 392 g/mol. The van der Waals surface area contributed by atoms with Gasteiger partial charge < -0.3 is 19.8 Å². The number of hydrogen-bond acceptors (Lipinski definition) is 6. The number of anilines is 1. The molecule has 0 amide bonds. The van der Waals surface area contributed by atoms with Crippen molar-refractivity contribution < 1.29 is 14.3 Å².